The summed E-state index contributed by atoms with van der Waals surface area (Å²) in [5.41, 5.74) is 2.10. The van der Waals surface area contributed by atoms with Crippen molar-refractivity contribution >= 4 is 6.09 Å². The Morgan fingerprint density at radius 1 is 1.08 bits per heavy atom. The van der Waals surface area contributed by atoms with E-state index in [1.54, 1.807) is 5.57 Å². The zero-order valence-electron chi connectivity index (χ0n) is 25.1. The van der Waals surface area contributed by atoms with Gasteiger partial charge in [0.15, 0.2) is 0 Å². The van der Waals surface area contributed by atoms with E-state index in [-0.39, 0.29) is 6.09 Å². The highest BCUT2D eigenvalue weighted by atomic mass is 16.6. The lowest BCUT2D eigenvalue weighted by molar-refractivity contribution is -0.114. The topological polar surface area (TPSA) is 47.6 Å². The summed E-state index contributed by atoms with van der Waals surface area (Å²) in [7, 11) is 0. The Bertz CT molecular complexity index is 904. The minimum absolute atomic E-state index is 0.318. The number of fused-ring (bicyclic) bond motifs is 7. The van der Waals surface area contributed by atoms with E-state index < -0.39 is 5.60 Å². The average molecular weight is 514 g/mol. The molecule has 0 unspecified atom stereocenters. The van der Waals surface area contributed by atoms with Crippen LogP contribution in [0.3, 0.4) is 0 Å². The van der Waals surface area contributed by atoms with E-state index in [1.807, 2.05) is 20.8 Å². The fraction of sp³-hybridized carbons (Fsp3) is 0.909. The molecule has 0 bridgehead atoms. The van der Waals surface area contributed by atoms with Crippen LogP contribution in [0.15, 0.2) is 11.3 Å². The fourth-order valence-electron chi connectivity index (χ4n) is 10.1. The number of nitrogens with one attached hydrogen (secondary N) is 1. The molecule has 0 radical (unpaired) electrons. The predicted octanol–water partition coefficient (Wildman–Crippen LogP) is 8.51. The normalized spacial score (nSPS) is 43.7. The number of amides is 1. The van der Waals surface area contributed by atoms with Gasteiger partial charge in [0.25, 0.3) is 0 Å². The van der Waals surface area contributed by atoms with Crippen molar-refractivity contribution in [1.29, 1.82) is 0 Å². The van der Waals surface area contributed by atoms with Crippen molar-refractivity contribution < 1.29 is 14.3 Å². The van der Waals surface area contributed by atoms with E-state index in [1.165, 1.54) is 57.1 Å². The molecule has 10 atom stereocenters. The minimum atomic E-state index is -0.455. The smallest absolute Gasteiger partial charge is 0.407 e. The third-order valence-corrected chi connectivity index (χ3v) is 12.0. The Kier molecular flexibility index (Phi) is 7.23. The van der Waals surface area contributed by atoms with Crippen LogP contribution in [0, 0.1) is 52.3 Å². The first-order chi connectivity index (χ1) is 17.3. The van der Waals surface area contributed by atoms with Crippen LogP contribution in [0.5, 0.6) is 0 Å². The number of hydrogen-bond acceptors (Lipinski definition) is 3. The molecule has 0 aromatic heterocycles. The SMILES string of the molecule is CC1=C(CC[C@H](C)CNC(=O)OC(C)(C)C)O[C@H]2C[C@H]3[C@@H]4CC[C@H]5C[C@@H](C)CC[C@]5(C)[C@H]4CC[C@]3(C)[C@@H]12. The van der Waals surface area contributed by atoms with Crippen LogP contribution in [0.1, 0.15) is 120 Å². The maximum Gasteiger partial charge on any atom is 0.407 e. The van der Waals surface area contributed by atoms with E-state index in [2.05, 4.69) is 39.9 Å². The Morgan fingerprint density at radius 3 is 2.54 bits per heavy atom. The molecule has 0 aromatic carbocycles. The summed E-state index contributed by atoms with van der Waals surface area (Å²) in [5.74, 6) is 6.87. The molecule has 4 saturated carbocycles. The van der Waals surface area contributed by atoms with Crippen LogP contribution in [-0.2, 0) is 9.47 Å². The molecule has 5 aliphatic rings. The van der Waals surface area contributed by atoms with Crippen LogP contribution in [-0.4, -0.2) is 24.3 Å². The van der Waals surface area contributed by atoms with Crippen molar-refractivity contribution in [3.8, 4) is 0 Å². The standard InChI is InChI=1S/C33H55NO3/c1-20-13-15-32(7)23(17-20)10-11-24-25(32)14-16-33(8)26(24)18-28-29(33)22(3)27(36-28)12-9-21(2)19-34-30(35)37-31(4,5)6/h20-21,23-26,28-29H,9-19H2,1-8H3,(H,34,35)/t20-,21-,23-,24+,25-,26-,28-,29-,32-,33-/m0/s1. The molecule has 5 rings (SSSR count). The number of allylic oxidation sites excluding steroid dienone is 1. The van der Waals surface area contributed by atoms with Crippen molar-refractivity contribution in [2.45, 2.75) is 131 Å². The van der Waals surface area contributed by atoms with Gasteiger partial charge in [0.05, 0.1) is 5.76 Å². The molecule has 0 saturated heterocycles. The van der Waals surface area contributed by atoms with Crippen LogP contribution >= 0.6 is 0 Å². The molecule has 1 N–H and O–H groups in total. The van der Waals surface area contributed by atoms with Crippen LogP contribution in [0.25, 0.3) is 0 Å². The first-order valence-electron chi connectivity index (χ1n) is 15.6. The van der Waals surface area contributed by atoms with Gasteiger partial charge in [0.2, 0.25) is 0 Å². The minimum Gasteiger partial charge on any atom is -0.494 e. The molecular weight excluding hydrogens is 458 g/mol. The van der Waals surface area contributed by atoms with Gasteiger partial charge in [-0.1, -0.05) is 34.1 Å². The summed E-state index contributed by atoms with van der Waals surface area (Å²) in [6.07, 6.45) is 13.5. The van der Waals surface area contributed by atoms with Gasteiger partial charge < -0.3 is 14.8 Å². The number of alkyl carbamates (subject to hydrolysis) is 1. The van der Waals surface area contributed by atoms with Gasteiger partial charge in [0, 0.05) is 18.9 Å². The number of carbonyl (C=O) groups is 1. The average Bonchev–Trinajstić information content (AvgIpc) is 3.29. The summed E-state index contributed by atoms with van der Waals surface area (Å²) in [6.45, 7) is 18.8. The zero-order chi connectivity index (χ0) is 26.8. The van der Waals surface area contributed by atoms with Gasteiger partial charge in [0.1, 0.15) is 11.7 Å². The Labute approximate surface area is 227 Å². The summed E-state index contributed by atoms with van der Waals surface area (Å²) < 4.78 is 12.2. The maximum atomic E-state index is 12.0. The van der Waals surface area contributed by atoms with E-state index in [0.717, 1.165) is 42.4 Å². The molecule has 210 valence electrons. The first kappa shape index (κ1) is 27.4. The van der Waals surface area contributed by atoms with Crippen molar-refractivity contribution in [3.05, 3.63) is 11.3 Å². The summed E-state index contributed by atoms with van der Waals surface area (Å²) in [6, 6.07) is 0. The van der Waals surface area contributed by atoms with Crippen molar-refractivity contribution in [1.82, 2.24) is 5.32 Å². The molecular formula is C33H55NO3. The van der Waals surface area contributed by atoms with Gasteiger partial charge in [-0.05, 0) is 131 Å². The number of ether oxygens (including phenoxy) is 2. The Morgan fingerprint density at radius 2 is 1.81 bits per heavy atom. The quantitative estimate of drug-likeness (QED) is 0.401. The lowest BCUT2D eigenvalue weighted by Gasteiger charge is -2.61. The third-order valence-electron chi connectivity index (χ3n) is 12.0. The largest absolute Gasteiger partial charge is 0.494 e. The van der Waals surface area contributed by atoms with Gasteiger partial charge >= 0.3 is 6.09 Å². The van der Waals surface area contributed by atoms with Crippen molar-refractivity contribution in [2.75, 3.05) is 6.54 Å². The third kappa shape index (κ3) is 4.97. The molecule has 1 heterocycles. The van der Waals surface area contributed by atoms with Gasteiger partial charge in [-0.15, -0.1) is 0 Å². The molecule has 1 amide bonds. The fourth-order valence-corrected chi connectivity index (χ4v) is 10.1. The number of rotatable bonds is 5. The highest BCUT2D eigenvalue weighted by molar-refractivity contribution is 5.67. The van der Waals surface area contributed by atoms with E-state index >= 15 is 0 Å². The van der Waals surface area contributed by atoms with E-state index in [9.17, 15) is 4.79 Å². The Balaban J connectivity index is 1.20. The van der Waals surface area contributed by atoms with E-state index in [4.69, 9.17) is 9.47 Å². The predicted molar refractivity (Wildman–Crippen MR) is 150 cm³/mol. The van der Waals surface area contributed by atoms with Gasteiger partial charge in [-0.25, -0.2) is 4.79 Å². The van der Waals surface area contributed by atoms with E-state index in [0.29, 0.717) is 35.3 Å². The summed E-state index contributed by atoms with van der Waals surface area (Å²) in [5, 5.41) is 2.94. The zero-order valence-corrected chi connectivity index (χ0v) is 25.1. The van der Waals surface area contributed by atoms with Crippen LogP contribution < -0.4 is 5.32 Å². The second-order valence-electron chi connectivity index (χ2n) is 15.6. The number of hydrogen-bond donors (Lipinski definition) is 1. The molecule has 0 spiro atoms. The highest BCUT2D eigenvalue weighted by Gasteiger charge is 2.64. The van der Waals surface area contributed by atoms with Crippen LogP contribution in [0.4, 0.5) is 4.79 Å². The number of carbonyl (C=O) groups excluding carboxylic acids is 1. The second-order valence-corrected chi connectivity index (χ2v) is 15.6. The molecule has 37 heavy (non-hydrogen) atoms. The maximum absolute atomic E-state index is 12.0. The molecule has 1 aliphatic heterocycles. The molecule has 4 nitrogen and oxygen atoms in total. The molecule has 0 aromatic rings. The van der Waals surface area contributed by atoms with Gasteiger partial charge in [-0.3, -0.25) is 0 Å². The first-order valence-corrected chi connectivity index (χ1v) is 15.6. The second kappa shape index (κ2) is 9.77. The van der Waals surface area contributed by atoms with Gasteiger partial charge in [-0.2, -0.15) is 0 Å². The van der Waals surface area contributed by atoms with Crippen molar-refractivity contribution in [3.63, 3.8) is 0 Å². The van der Waals surface area contributed by atoms with Crippen molar-refractivity contribution in [2.24, 2.45) is 52.3 Å². The lowest BCUT2D eigenvalue weighted by atomic mass is 9.44. The summed E-state index contributed by atoms with van der Waals surface area (Å²) >= 11 is 0. The monoisotopic (exact) mass is 513 g/mol. The lowest BCUT2D eigenvalue weighted by Crippen LogP contribution is -2.53. The molecule has 4 aliphatic carbocycles. The Hall–Kier alpha value is -1.19. The summed E-state index contributed by atoms with van der Waals surface area (Å²) in [4.78, 5) is 12.0. The molecule has 4 heteroatoms. The van der Waals surface area contributed by atoms with Crippen LogP contribution in [0.2, 0.25) is 0 Å². The molecule has 4 fully saturated rings. The highest BCUT2D eigenvalue weighted by Crippen LogP contribution is 2.70.